The van der Waals surface area contributed by atoms with Gasteiger partial charge in [0.15, 0.2) is 5.58 Å². The van der Waals surface area contributed by atoms with Crippen LogP contribution in [-0.2, 0) is 0 Å². The SMILES string of the molecule is Oc1ccc(N=C/C=C/c2ccc(Br)cc2)cc1-c1nc2ccccc2o1. The summed E-state index contributed by atoms with van der Waals surface area (Å²) in [5, 5.41) is 10.2. The number of para-hydroxylation sites is 2. The lowest BCUT2D eigenvalue weighted by Crippen LogP contribution is -1.79. The predicted octanol–water partition coefficient (Wildman–Crippen LogP) is 6.38. The molecule has 0 amide bonds. The molecule has 0 aliphatic heterocycles. The van der Waals surface area contributed by atoms with E-state index in [1.807, 2.05) is 60.7 Å². The molecule has 0 spiro atoms. The smallest absolute Gasteiger partial charge is 0.231 e. The van der Waals surface area contributed by atoms with Crippen LogP contribution in [0.3, 0.4) is 0 Å². The Morgan fingerprint density at radius 3 is 2.63 bits per heavy atom. The van der Waals surface area contributed by atoms with Gasteiger partial charge in [-0.25, -0.2) is 4.98 Å². The largest absolute Gasteiger partial charge is 0.507 e. The fourth-order valence-corrected chi connectivity index (χ4v) is 2.88. The number of allylic oxidation sites excluding steroid dienone is 1. The summed E-state index contributed by atoms with van der Waals surface area (Å²) in [5.41, 5.74) is 3.72. The van der Waals surface area contributed by atoms with Crippen LogP contribution in [-0.4, -0.2) is 16.3 Å². The summed E-state index contributed by atoms with van der Waals surface area (Å²) in [7, 11) is 0. The highest BCUT2D eigenvalue weighted by atomic mass is 79.9. The van der Waals surface area contributed by atoms with Gasteiger partial charge in [0.1, 0.15) is 11.3 Å². The minimum Gasteiger partial charge on any atom is -0.507 e. The number of benzene rings is 3. The van der Waals surface area contributed by atoms with Gasteiger partial charge in [0.05, 0.1) is 11.3 Å². The molecule has 0 aliphatic carbocycles. The van der Waals surface area contributed by atoms with Crippen molar-refractivity contribution in [3.63, 3.8) is 0 Å². The Kier molecular flexibility index (Phi) is 4.85. The van der Waals surface area contributed by atoms with Crippen LogP contribution in [0, 0.1) is 0 Å². The maximum Gasteiger partial charge on any atom is 0.231 e. The molecule has 0 radical (unpaired) electrons. The number of phenolic OH excluding ortho intramolecular Hbond substituents is 1. The Bertz CT molecular complexity index is 1110. The molecule has 4 aromatic rings. The van der Waals surface area contributed by atoms with Crippen LogP contribution in [0.25, 0.3) is 28.6 Å². The second-order valence-corrected chi connectivity index (χ2v) is 6.79. The molecule has 0 unspecified atom stereocenters. The Morgan fingerprint density at radius 2 is 1.81 bits per heavy atom. The summed E-state index contributed by atoms with van der Waals surface area (Å²) in [5.74, 6) is 0.474. The summed E-state index contributed by atoms with van der Waals surface area (Å²) in [6, 6.07) is 20.6. The summed E-state index contributed by atoms with van der Waals surface area (Å²) in [6.45, 7) is 0. The van der Waals surface area contributed by atoms with Gasteiger partial charge in [0.25, 0.3) is 0 Å². The monoisotopic (exact) mass is 418 g/mol. The molecule has 5 heteroatoms. The van der Waals surface area contributed by atoms with Crippen molar-refractivity contribution in [3.8, 4) is 17.2 Å². The van der Waals surface area contributed by atoms with Gasteiger partial charge in [-0.15, -0.1) is 0 Å². The first-order valence-corrected chi connectivity index (χ1v) is 9.13. The normalized spacial score (nSPS) is 11.7. The molecule has 4 nitrogen and oxygen atoms in total. The average molecular weight is 419 g/mol. The summed E-state index contributed by atoms with van der Waals surface area (Å²) in [4.78, 5) is 8.85. The van der Waals surface area contributed by atoms with E-state index in [0.717, 1.165) is 15.6 Å². The Labute approximate surface area is 164 Å². The van der Waals surface area contributed by atoms with Gasteiger partial charge in [-0.05, 0) is 54.1 Å². The molecule has 3 aromatic carbocycles. The Morgan fingerprint density at radius 1 is 1.00 bits per heavy atom. The minimum absolute atomic E-state index is 0.103. The highest BCUT2D eigenvalue weighted by Crippen LogP contribution is 2.33. The van der Waals surface area contributed by atoms with Crippen LogP contribution in [0.2, 0.25) is 0 Å². The van der Waals surface area contributed by atoms with Gasteiger partial charge in [-0.2, -0.15) is 0 Å². The number of hydrogen-bond acceptors (Lipinski definition) is 4. The summed E-state index contributed by atoms with van der Waals surface area (Å²) in [6.07, 6.45) is 5.55. The molecule has 0 saturated carbocycles. The van der Waals surface area contributed by atoms with Crippen LogP contribution in [0.1, 0.15) is 5.56 Å². The van der Waals surface area contributed by atoms with Crippen molar-refractivity contribution in [2.75, 3.05) is 0 Å². The van der Waals surface area contributed by atoms with Crippen molar-refractivity contribution in [1.29, 1.82) is 0 Å². The molecule has 0 atom stereocenters. The van der Waals surface area contributed by atoms with Gasteiger partial charge >= 0.3 is 0 Å². The van der Waals surface area contributed by atoms with Crippen LogP contribution < -0.4 is 0 Å². The first kappa shape index (κ1) is 17.2. The van der Waals surface area contributed by atoms with E-state index >= 15 is 0 Å². The van der Waals surface area contributed by atoms with E-state index in [1.165, 1.54) is 0 Å². The third-order valence-corrected chi connectivity index (χ3v) is 4.50. The van der Waals surface area contributed by atoms with E-state index in [4.69, 9.17) is 4.42 Å². The van der Waals surface area contributed by atoms with Gasteiger partial charge in [0.2, 0.25) is 5.89 Å². The molecule has 0 bridgehead atoms. The van der Waals surface area contributed by atoms with Crippen molar-refractivity contribution < 1.29 is 9.52 Å². The van der Waals surface area contributed by atoms with E-state index in [-0.39, 0.29) is 5.75 Å². The van der Waals surface area contributed by atoms with Crippen LogP contribution >= 0.6 is 15.9 Å². The fraction of sp³-hybridized carbons (Fsp3) is 0. The maximum absolute atomic E-state index is 10.2. The highest BCUT2D eigenvalue weighted by Gasteiger charge is 2.12. The number of halogens is 1. The Hall–Kier alpha value is -3.18. The molecular formula is C22H15BrN2O2. The van der Waals surface area contributed by atoms with Gasteiger partial charge in [-0.1, -0.05) is 46.3 Å². The number of fused-ring (bicyclic) bond motifs is 1. The predicted molar refractivity (Wildman–Crippen MR) is 112 cm³/mol. The number of phenols is 1. The zero-order valence-electron chi connectivity index (χ0n) is 14.2. The highest BCUT2D eigenvalue weighted by molar-refractivity contribution is 9.10. The summed E-state index contributed by atoms with van der Waals surface area (Å²) < 4.78 is 6.79. The quantitative estimate of drug-likeness (QED) is 0.391. The number of aliphatic imine (C=N–C) groups is 1. The molecule has 4 rings (SSSR count). The van der Waals surface area contributed by atoms with Crippen molar-refractivity contribution >= 4 is 45.0 Å². The summed E-state index contributed by atoms with van der Waals surface area (Å²) >= 11 is 3.42. The van der Waals surface area contributed by atoms with E-state index in [2.05, 4.69) is 25.9 Å². The van der Waals surface area contributed by atoms with E-state index < -0.39 is 0 Å². The average Bonchev–Trinajstić information content (AvgIpc) is 3.12. The minimum atomic E-state index is 0.103. The molecule has 132 valence electrons. The number of nitrogens with zero attached hydrogens (tertiary/aromatic N) is 2. The van der Waals surface area contributed by atoms with Gasteiger partial charge in [0, 0.05) is 10.7 Å². The lowest BCUT2D eigenvalue weighted by molar-refractivity contribution is 0.474. The van der Waals surface area contributed by atoms with E-state index in [0.29, 0.717) is 22.7 Å². The van der Waals surface area contributed by atoms with Crippen LogP contribution in [0.4, 0.5) is 5.69 Å². The molecule has 27 heavy (non-hydrogen) atoms. The van der Waals surface area contributed by atoms with Gasteiger partial charge in [-0.3, -0.25) is 4.99 Å². The zero-order chi connectivity index (χ0) is 18.6. The number of aromatic nitrogens is 1. The second kappa shape index (κ2) is 7.60. The van der Waals surface area contributed by atoms with Crippen molar-refractivity contribution in [3.05, 3.63) is 82.8 Å². The van der Waals surface area contributed by atoms with E-state index in [9.17, 15) is 5.11 Å². The van der Waals surface area contributed by atoms with Gasteiger partial charge < -0.3 is 9.52 Å². The molecular weight excluding hydrogens is 404 g/mol. The molecule has 1 aromatic heterocycles. The molecule has 0 aliphatic rings. The number of oxazole rings is 1. The van der Waals surface area contributed by atoms with Crippen molar-refractivity contribution in [2.45, 2.75) is 0 Å². The molecule has 1 N–H and O–H groups in total. The fourth-order valence-electron chi connectivity index (χ4n) is 2.62. The maximum atomic E-state index is 10.2. The zero-order valence-corrected chi connectivity index (χ0v) is 15.8. The van der Waals surface area contributed by atoms with Crippen molar-refractivity contribution in [2.24, 2.45) is 4.99 Å². The number of aromatic hydroxyl groups is 1. The van der Waals surface area contributed by atoms with Crippen LogP contribution in [0.5, 0.6) is 5.75 Å². The Balaban J connectivity index is 1.57. The third kappa shape index (κ3) is 3.99. The third-order valence-electron chi connectivity index (χ3n) is 3.97. The lowest BCUT2D eigenvalue weighted by atomic mass is 10.2. The first-order chi connectivity index (χ1) is 13.2. The first-order valence-electron chi connectivity index (χ1n) is 8.34. The molecule has 1 heterocycles. The molecule has 0 fully saturated rings. The number of hydrogen-bond donors (Lipinski definition) is 1. The number of rotatable bonds is 4. The lowest BCUT2D eigenvalue weighted by Gasteiger charge is -2.01. The van der Waals surface area contributed by atoms with Crippen molar-refractivity contribution in [1.82, 2.24) is 4.98 Å². The topological polar surface area (TPSA) is 58.6 Å². The van der Waals surface area contributed by atoms with E-state index in [1.54, 1.807) is 24.4 Å². The standard InChI is InChI=1S/C22H15BrN2O2/c23-16-9-7-15(8-10-16)4-3-13-24-17-11-12-20(26)18(14-17)22-25-19-5-1-2-6-21(19)27-22/h1-14,26H/b4-3+,24-13?. The molecule has 0 saturated heterocycles. The second-order valence-electron chi connectivity index (χ2n) is 5.88. The van der Waals surface area contributed by atoms with Crippen LogP contribution in [0.15, 0.2) is 86.7 Å².